The maximum Gasteiger partial charge on any atom is 0.339 e. The van der Waals surface area contributed by atoms with Crippen molar-refractivity contribution in [3.63, 3.8) is 0 Å². The van der Waals surface area contributed by atoms with Crippen molar-refractivity contribution in [2.45, 2.75) is 26.8 Å². The summed E-state index contributed by atoms with van der Waals surface area (Å²) in [5.74, 6) is -0.738. The molecule has 0 aliphatic carbocycles. The molecule has 0 spiro atoms. The zero-order chi connectivity index (χ0) is 15.1. The Balaban J connectivity index is 2.73. The topological polar surface area (TPSA) is 88.5 Å². The molecular formula is C14H20N2O4. The van der Waals surface area contributed by atoms with Crippen LogP contribution in [0.15, 0.2) is 18.3 Å². The molecule has 0 radical (unpaired) electrons. The molecule has 6 nitrogen and oxygen atoms in total. The Morgan fingerprint density at radius 3 is 2.55 bits per heavy atom. The molecule has 2 N–H and O–H groups in total. The highest BCUT2D eigenvalue weighted by Gasteiger charge is 2.17. The average Bonchev–Trinajstić information content (AvgIpc) is 2.44. The van der Waals surface area contributed by atoms with Crippen molar-refractivity contribution in [1.29, 1.82) is 0 Å². The highest BCUT2D eigenvalue weighted by molar-refractivity contribution is 5.94. The highest BCUT2D eigenvalue weighted by Crippen LogP contribution is 2.05. The summed E-state index contributed by atoms with van der Waals surface area (Å²) in [5.41, 5.74) is 0.489. The molecule has 1 rings (SSSR count). The Morgan fingerprint density at radius 2 is 2.10 bits per heavy atom. The SMILES string of the molecule is CCOC(=O)c1ccc(C(=O)N[C@H](CO)C(C)C)nc1. The number of aromatic nitrogens is 1. The van der Waals surface area contributed by atoms with E-state index >= 15 is 0 Å². The van der Waals surface area contributed by atoms with Gasteiger partial charge in [0.1, 0.15) is 5.69 Å². The summed E-state index contributed by atoms with van der Waals surface area (Å²) < 4.78 is 4.83. The summed E-state index contributed by atoms with van der Waals surface area (Å²) in [4.78, 5) is 27.3. The van der Waals surface area contributed by atoms with Crippen molar-refractivity contribution in [1.82, 2.24) is 10.3 Å². The van der Waals surface area contributed by atoms with E-state index in [1.807, 2.05) is 13.8 Å². The zero-order valence-electron chi connectivity index (χ0n) is 11.9. The van der Waals surface area contributed by atoms with Gasteiger partial charge in [0.15, 0.2) is 0 Å². The first-order valence-electron chi connectivity index (χ1n) is 6.54. The standard InChI is InChI=1S/C14H20N2O4/c1-4-20-14(19)10-5-6-11(15-7-10)13(18)16-12(8-17)9(2)3/h5-7,9,12,17H,4,8H2,1-3H3,(H,16,18)/t12-/m1/s1. The Bertz CT molecular complexity index is 457. The third-order valence-corrected chi connectivity index (χ3v) is 2.83. The lowest BCUT2D eigenvalue weighted by atomic mass is 10.1. The minimum atomic E-state index is -0.470. The molecule has 0 fully saturated rings. The quantitative estimate of drug-likeness (QED) is 0.759. The molecule has 20 heavy (non-hydrogen) atoms. The zero-order valence-corrected chi connectivity index (χ0v) is 11.9. The predicted molar refractivity (Wildman–Crippen MR) is 73.4 cm³/mol. The number of esters is 1. The summed E-state index contributed by atoms with van der Waals surface area (Å²) in [5, 5.41) is 11.9. The van der Waals surface area contributed by atoms with Crippen LogP contribution in [0.25, 0.3) is 0 Å². The van der Waals surface area contributed by atoms with E-state index in [9.17, 15) is 14.7 Å². The number of ether oxygens (including phenoxy) is 1. The van der Waals surface area contributed by atoms with Crippen LogP contribution in [0.2, 0.25) is 0 Å². The number of hydrogen-bond donors (Lipinski definition) is 2. The molecule has 110 valence electrons. The van der Waals surface area contributed by atoms with Gasteiger partial charge in [-0.25, -0.2) is 4.79 Å². The fraction of sp³-hybridized carbons (Fsp3) is 0.500. The number of aliphatic hydroxyl groups is 1. The van der Waals surface area contributed by atoms with Gasteiger partial charge in [-0.15, -0.1) is 0 Å². The number of rotatable bonds is 6. The van der Waals surface area contributed by atoms with Crippen molar-refractivity contribution in [3.8, 4) is 0 Å². The summed E-state index contributed by atoms with van der Waals surface area (Å²) >= 11 is 0. The van der Waals surface area contributed by atoms with Gasteiger partial charge in [-0.1, -0.05) is 13.8 Å². The van der Waals surface area contributed by atoms with Gasteiger partial charge >= 0.3 is 5.97 Å². The minimum absolute atomic E-state index is 0.114. The van der Waals surface area contributed by atoms with Gasteiger partial charge < -0.3 is 15.2 Å². The maximum atomic E-state index is 11.9. The van der Waals surface area contributed by atoms with Crippen LogP contribution in [0.1, 0.15) is 41.6 Å². The fourth-order valence-corrected chi connectivity index (χ4v) is 1.53. The van der Waals surface area contributed by atoms with Crippen LogP contribution < -0.4 is 5.32 Å². The van der Waals surface area contributed by atoms with Gasteiger partial charge in [-0.3, -0.25) is 9.78 Å². The van der Waals surface area contributed by atoms with Crippen molar-refractivity contribution in [3.05, 3.63) is 29.6 Å². The van der Waals surface area contributed by atoms with E-state index in [1.54, 1.807) is 6.92 Å². The van der Waals surface area contributed by atoms with E-state index in [2.05, 4.69) is 10.3 Å². The number of nitrogens with zero attached hydrogens (tertiary/aromatic N) is 1. The molecule has 6 heteroatoms. The second-order valence-corrected chi connectivity index (χ2v) is 4.66. The Labute approximate surface area is 118 Å². The molecule has 0 saturated carbocycles. The smallest absolute Gasteiger partial charge is 0.339 e. The number of hydrogen-bond acceptors (Lipinski definition) is 5. The Kier molecular flexibility index (Phi) is 6.11. The van der Waals surface area contributed by atoms with Crippen LogP contribution in [-0.2, 0) is 4.74 Å². The fourth-order valence-electron chi connectivity index (χ4n) is 1.53. The van der Waals surface area contributed by atoms with Crippen LogP contribution in [0.4, 0.5) is 0 Å². The molecule has 1 aromatic rings. The number of carbonyl (C=O) groups excluding carboxylic acids is 2. The first-order valence-corrected chi connectivity index (χ1v) is 6.54. The first-order chi connectivity index (χ1) is 9.49. The highest BCUT2D eigenvalue weighted by atomic mass is 16.5. The number of nitrogens with one attached hydrogen (secondary N) is 1. The van der Waals surface area contributed by atoms with Crippen LogP contribution in [0, 0.1) is 5.92 Å². The average molecular weight is 280 g/mol. The van der Waals surface area contributed by atoms with E-state index in [1.165, 1.54) is 18.3 Å². The Hall–Kier alpha value is -1.95. The monoisotopic (exact) mass is 280 g/mol. The van der Waals surface area contributed by atoms with Crippen LogP contribution in [0.5, 0.6) is 0 Å². The normalized spacial score (nSPS) is 12.1. The van der Waals surface area contributed by atoms with E-state index < -0.39 is 5.97 Å². The molecule has 0 saturated heterocycles. The van der Waals surface area contributed by atoms with Crippen molar-refractivity contribution in [2.24, 2.45) is 5.92 Å². The number of carbonyl (C=O) groups is 2. The van der Waals surface area contributed by atoms with E-state index in [0.717, 1.165) is 0 Å². The third-order valence-electron chi connectivity index (χ3n) is 2.83. The molecule has 0 aromatic carbocycles. The third kappa shape index (κ3) is 4.31. The second-order valence-electron chi connectivity index (χ2n) is 4.66. The van der Waals surface area contributed by atoms with Crippen LogP contribution in [-0.4, -0.2) is 41.2 Å². The summed E-state index contributed by atoms with van der Waals surface area (Å²) in [6, 6.07) is 2.62. The number of amides is 1. The van der Waals surface area contributed by atoms with Gasteiger partial charge in [-0.05, 0) is 25.0 Å². The van der Waals surface area contributed by atoms with E-state index in [0.29, 0.717) is 5.56 Å². The summed E-state index contributed by atoms with van der Waals surface area (Å²) in [7, 11) is 0. The van der Waals surface area contributed by atoms with Crippen molar-refractivity contribution >= 4 is 11.9 Å². The predicted octanol–water partition coefficient (Wildman–Crippen LogP) is 1.00. The lowest BCUT2D eigenvalue weighted by molar-refractivity contribution is 0.0525. The minimum Gasteiger partial charge on any atom is -0.462 e. The van der Waals surface area contributed by atoms with E-state index in [-0.39, 0.29) is 36.8 Å². The molecule has 0 unspecified atom stereocenters. The maximum absolute atomic E-state index is 11.9. The molecule has 0 aliphatic heterocycles. The van der Waals surface area contributed by atoms with Crippen molar-refractivity contribution in [2.75, 3.05) is 13.2 Å². The van der Waals surface area contributed by atoms with Gasteiger partial charge in [0.2, 0.25) is 0 Å². The lowest BCUT2D eigenvalue weighted by Gasteiger charge is -2.19. The molecular weight excluding hydrogens is 260 g/mol. The molecule has 1 aromatic heterocycles. The number of pyridine rings is 1. The molecule has 1 atom stereocenters. The largest absolute Gasteiger partial charge is 0.462 e. The summed E-state index contributed by atoms with van der Waals surface area (Å²) in [6.45, 7) is 5.67. The first kappa shape index (κ1) is 16.1. The van der Waals surface area contributed by atoms with Crippen LogP contribution >= 0.6 is 0 Å². The lowest BCUT2D eigenvalue weighted by Crippen LogP contribution is -2.41. The molecule has 1 amide bonds. The van der Waals surface area contributed by atoms with Crippen molar-refractivity contribution < 1.29 is 19.4 Å². The Morgan fingerprint density at radius 1 is 1.40 bits per heavy atom. The molecule has 0 aliphatic rings. The molecule has 1 heterocycles. The van der Waals surface area contributed by atoms with Gasteiger partial charge in [0, 0.05) is 6.20 Å². The van der Waals surface area contributed by atoms with Gasteiger partial charge in [-0.2, -0.15) is 0 Å². The molecule has 0 bridgehead atoms. The second kappa shape index (κ2) is 7.59. The van der Waals surface area contributed by atoms with Crippen LogP contribution in [0.3, 0.4) is 0 Å². The van der Waals surface area contributed by atoms with Gasteiger partial charge in [0.05, 0.1) is 24.8 Å². The number of aliphatic hydroxyl groups excluding tert-OH is 1. The van der Waals surface area contributed by atoms with Gasteiger partial charge in [0.25, 0.3) is 5.91 Å². The summed E-state index contributed by atoms with van der Waals surface area (Å²) in [6.07, 6.45) is 1.30. The van der Waals surface area contributed by atoms with E-state index in [4.69, 9.17) is 4.74 Å².